The van der Waals surface area contributed by atoms with Crippen LogP contribution in [0.15, 0.2) is 77.7 Å². The standard InChI is InChI=1S/C31H35ClF3N3O4S/c1-5-27(30(40)36-18-21(2)3)37(19-23-12-10-9-11-22(23)4)29(39)20-38(43(41,42)25-13-7-6-8-14-25)28-17-24(31(33,34)35)15-16-26(28)32/h6-17,21,27H,5,18-20H2,1-4H3,(H,36,40)/t27-/m1/s1. The van der Waals surface area contributed by atoms with E-state index in [-0.39, 0.29) is 28.8 Å². The topological polar surface area (TPSA) is 86.8 Å². The Kier molecular flexibility index (Phi) is 11.3. The van der Waals surface area contributed by atoms with Crippen molar-refractivity contribution in [1.82, 2.24) is 10.2 Å². The molecule has 12 heteroatoms. The third-order valence-electron chi connectivity index (χ3n) is 6.82. The second-order valence-electron chi connectivity index (χ2n) is 10.5. The van der Waals surface area contributed by atoms with Crippen molar-refractivity contribution in [2.45, 2.75) is 57.8 Å². The van der Waals surface area contributed by atoms with Gasteiger partial charge in [0.1, 0.15) is 12.6 Å². The molecular weight excluding hydrogens is 603 g/mol. The van der Waals surface area contributed by atoms with Crippen LogP contribution in [0.1, 0.15) is 43.9 Å². The van der Waals surface area contributed by atoms with Gasteiger partial charge in [0.25, 0.3) is 10.0 Å². The maximum Gasteiger partial charge on any atom is 0.416 e. The molecule has 0 saturated carbocycles. The Morgan fingerprint density at radius 1 is 0.977 bits per heavy atom. The minimum atomic E-state index is -4.80. The highest BCUT2D eigenvalue weighted by Crippen LogP contribution is 2.37. The number of nitrogens with one attached hydrogen (secondary N) is 1. The first-order valence-electron chi connectivity index (χ1n) is 13.7. The quantitative estimate of drug-likeness (QED) is 0.248. The summed E-state index contributed by atoms with van der Waals surface area (Å²) in [5.74, 6) is -1.08. The third kappa shape index (κ3) is 8.51. The van der Waals surface area contributed by atoms with Crippen molar-refractivity contribution in [2.24, 2.45) is 5.92 Å². The third-order valence-corrected chi connectivity index (χ3v) is 8.92. The fourth-order valence-electron chi connectivity index (χ4n) is 4.43. The van der Waals surface area contributed by atoms with E-state index in [0.29, 0.717) is 16.9 Å². The molecule has 0 aromatic heterocycles. The van der Waals surface area contributed by atoms with Gasteiger partial charge in [-0.05, 0) is 60.7 Å². The Morgan fingerprint density at radius 2 is 1.60 bits per heavy atom. The molecular formula is C31H35ClF3N3O4S. The van der Waals surface area contributed by atoms with Gasteiger partial charge in [0.15, 0.2) is 0 Å². The molecule has 43 heavy (non-hydrogen) atoms. The molecule has 0 unspecified atom stereocenters. The summed E-state index contributed by atoms with van der Waals surface area (Å²) in [6.07, 6.45) is -4.60. The molecule has 2 amide bonds. The van der Waals surface area contributed by atoms with Crippen LogP contribution in [-0.4, -0.2) is 44.3 Å². The molecule has 0 aliphatic rings. The Labute approximate surface area is 255 Å². The van der Waals surface area contributed by atoms with Crippen LogP contribution in [-0.2, 0) is 32.3 Å². The van der Waals surface area contributed by atoms with Crippen molar-refractivity contribution in [3.05, 3.63) is 94.5 Å². The van der Waals surface area contributed by atoms with Crippen LogP contribution in [0.25, 0.3) is 0 Å². The molecule has 0 aliphatic heterocycles. The Balaban J connectivity index is 2.15. The number of aryl methyl sites for hydroxylation is 1. The number of anilines is 1. The zero-order valence-corrected chi connectivity index (χ0v) is 25.9. The summed E-state index contributed by atoms with van der Waals surface area (Å²) in [5, 5.41) is 2.53. The van der Waals surface area contributed by atoms with E-state index in [0.717, 1.165) is 23.3 Å². The second-order valence-corrected chi connectivity index (χ2v) is 12.8. The maximum atomic E-state index is 14.1. The van der Waals surface area contributed by atoms with E-state index in [2.05, 4.69) is 5.32 Å². The van der Waals surface area contributed by atoms with Crippen molar-refractivity contribution in [3.8, 4) is 0 Å². The molecule has 0 fully saturated rings. The molecule has 3 rings (SSSR count). The van der Waals surface area contributed by atoms with Crippen molar-refractivity contribution < 1.29 is 31.2 Å². The molecule has 0 bridgehead atoms. The van der Waals surface area contributed by atoms with Crippen LogP contribution in [0.3, 0.4) is 0 Å². The summed E-state index contributed by atoms with van der Waals surface area (Å²) >= 11 is 6.30. The van der Waals surface area contributed by atoms with E-state index in [9.17, 15) is 31.2 Å². The van der Waals surface area contributed by atoms with E-state index in [1.54, 1.807) is 25.1 Å². The summed E-state index contributed by atoms with van der Waals surface area (Å²) in [6.45, 7) is 6.82. The highest BCUT2D eigenvalue weighted by Gasteiger charge is 2.37. The number of sulfonamides is 1. The number of hydrogen-bond acceptors (Lipinski definition) is 4. The van der Waals surface area contributed by atoms with Gasteiger partial charge in [-0.2, -0.15) is 13.2 Å². The summed E-state index contributed by atoms with van der Waals surface area (Å²) in [4.78, 5) is 28.5. The highest BCUT2D eigenvalue weighted by molar-refractivity contribution is 7.92. The van der Waals surface area contributed by atoms with E-state index in [1.807, 2.05) is 32.9 Å². The van der Waals surface area contributed by atoms with Gasteiger partial charge < -0.3 is 10.2 Å². The van der Waals surface area contributed by atoms with Gasteiger partial charge in [-0.3, -0.25) is 13.9 Å². The summed E-state index contributed by atoms with van der Waals surface area (Å²) in [7, 11) is -4.59. The van der Waals surface area contributed by atoms with E-state index in [4.69, 9.17) is 11.6 Å². The van der Waals surface area contributed by atoms with Gasteiger partial charge in [-0.15, -0.1) is 0 Å². The van der Waals surface area contributed by atoms with Crippen molar-refractivity contribution in [1.29, 1.82) is 0 Å². The van der Waals surface area contributed by atoms with Gasteiger partial charge >= 0.3 is 6.18 Å². The lowest BCUT2D eigenvalue weighted by Gasteiger charge is -2.34. The van der Waals surface area contributed by atoms with Crippen molar-refractivity contribution >= 4 is 39.1 Å². The van der Waals surface area contributed by atoms with Gasteiger partial charge in [0.05, 0.1) is 21.2 Å². The lowest BCUT2D eigenvalue weighted by atomic mass is 10.1. The number of hydrogen-bond donors (Lipinski definition) is 1. The average molecular weight is 638 g/mol. The molecule has 0 spiro atoms. The highest BCUT2D eigenvalue weighted by atomic mass is 35.5. The summed E-state index contributed by atoms with van der Waals surface area (Å²) in [5.41, 5.74) is -0.0846. The fourth-order valence-corrected chi connectivity index (χ4v) is 6.14. The summed E-state index contributed by atoms with van der Waals surface area (Å²) < 4.78 is 69.5. The number of carbonyl (C=O) groups excluding carboxylic acids is 2. The molecule has 1 N–H and O–H groups in total. The van der Waals surface area contributed by atoms with E-state index in [1.165, 1.54) is 29.2 Å². The van der Waals surface area contributed by atoms with Crippen LogP contribution in [0.4, 0.5) is 18.9 Å². The molecule has 3 aromatic carbocycles. The zero-order chi connectivity index (χ0) is 31.9. The smallest absolute Gasteiger partial charge is 0.354 e. The molecule has 0 radical (unpaired) electrons. The predicted molar refractivity (Wildman–Crippen MR) is 161 cm³/mol. The Morgan fingerprint density at radius 3 is 2.19 bits per heavy atom. The normalized spacial score (nSPS) is 12.6. The largest absolute Gasteiger partial charge is 0.416 e. The molecule has 7 nitrogen and oxygen atoms in total. The lowest BCUT2D eigenvalue weighted by molar-refractivity contribution is -0.140. The SMILES string of the molecule is CC[C@H](C(=O)NCC(C)C)N(Cc1ccccc1C)C(=O)CN(c1cc(C(F)(F)F)ccc1Cl)S(=O)(=O)c1ccccc1. The first-order chi connectivity index (χ1) is 20.2. The van der Waals surface area contributed by atoms with Gasteiger partial charge in [0.2, 0.25) is 11.8 Å². The first-order valence-corrected chi connectivity index (χ1v) is 15.5. The van der Waals surface area contributed by atoms with Crippen LogP contribution in [0.2, 0.25) is 5.02 Å². The number of rotatable bonds is 12. The molecule has 1 atom stereocenters. The van der Waals surface area contributed by atoms with E-state index < -0.39 is 51.9 Å². The fraction of sp³-hybridized carbons (Fsp3) is 0.355. The molecule has 0 heterocycles. The van der Waals surface area contributed by atoms with Gasteiger partial charge in [-0.25, -0.2) is 8.42 Å². The monoisotopic (exact) mass is 637 g/mol. The average Bonchev–Trinajstić information content (AvgIpc) is 2.95. The minimum absolute atomic E-state index is 0.0331. The number of nitrogens with zero attached hydrogens (tertiary/aromatic N) is 2. The minimum Gasteiger partial charge on any atom is -0.354 e. The van der Waals surface area contributed by atoms with Crippen LogP contribution < -0.4 is 9.62 Å². The summed E-state index contributed by atoms with van der Waals surface area (Å²) in [6, 6.07) is 15.6. The number of amides is 2. The Bertz CT molecular complexity index is 1530. The van der Waals surface area contributed by atoms with Crippen molar-refractivity contribution in [3.63, 3.8) is 0 Å². The van der Waals surface area contributed by atoms with Gasteiger partial charge in [-0.1, -0.05) is 74.8 Å². The maximum absolute atomic E-state index is 14.1. The molecule has 232 valence electrons. The number of alkyl halides is 3. The second kappa shape index (κ2) is 14.3. The number of halogens is 4. The zero-order valence-electron chi connectivity index (χ0n) is 24.4. The molecule has 0 aliphatic carbocycles. The number of carbonyl (C=O) groups is 2. The molecule has 0 saturated heterocycles. The first kappa shape index (κ1) is 33.9. The van der Waals surface area contributed by atoms with Crippen LogP contribution >= 0.6 is 11.6 Å². The lowest BCUT2D eigenvalue weighted by Crippen LogP contribution is -2.52. The predicted octanol–water partition coefficient (Wildman–Crippen LogP) is 6.44. The van der Waals surface area contributed by atoms with Crippen LogP contribution in [0, 0.1) is 12.8 Å². The van der Waals surface area contributed by atoms with E-state index >= 15 is 0 Å². The number of benzene rings is 3. The van der Waals surface area contributed by atoms with Gasteiger partial charge in [0, 0.05) is 13.1 Å². The van der Waals surface area contributed by atoms with Crippen LogP contribution in [0.5, 0.6) is 0 Å². The Hall–Kier alpha value is -3.57. The molecule has 3 aromatic rings. The van der Waals surface area contributed by atoms with Crippen molar-refractivity contribution in [2.75, 3.05) is 17.4 Å².